The normalized spacial score (nSPS) is 30.1. The van der Waals surface area contributed by atoms with Gasteiger partial charge in [0.2, 0.25) is 5.91 Å². The lowest BCUT2D eigenvalue weighted by Gasteiger charge is -2.34. The van der Waals surface area contributed by atoms with E-state index in [9.17, 15) is 13.2 Å². The van der Waals surface area contributed by atoms with Crippen LogP contribution in [0.5, 0.6) is 0 Å². The minimum atomic E-state index is -2.98. The lowest BCUT2D eigenvalue weighted by molar-refractivity contribution is -0.133. The first kappa shape index (κ1) is 15.7. The number of hydrogen-bond acceptors (Lipinski definition) is 5. The van der Waals surface area contributed by atoms with E-state index in [1.54, 1.807) is 7.11 Å². The molecule has 7 heteroatoms. The second-order valence-electron chi connectivity index (χ2n) is 5.77. The zero-order valence-corrected chi connectivity index (χ0v) is 12.8. The SMILES string of the molecule is COCC1CCCN(C(=O)CC2CS(=O)(=O)CCN2)C1. The number of hydrogen-bond donors (Lipinski definition) is 1. The predicted octanol–water partition coefficient (Wildman–Crippen LogP) is -0.352. The zero-order valence-electron chi connectivity index (χ0n) is 12.0. The van der Waals surface area contributed by atoms with Gasteiger partial charge in [-0.05, 0) is 18.8 Å². The van der Waals surface area contributed by atoms with Gasteiger partial charge in [-0.25, -0.2) is 8.42 Å². The molecule has 2 atom stereocenters. The van der Waals surface area contributed by atoms with E-state index in [1.165, 1.54) is 0 Å². The number of carbonyl (C=O) groups is 1. The Kier molecular flexibility index (Phi) is 5.40. The standard InChI is InChI=1S/C13H24N2O4S/c1-19-9-11-3-2-5-15(8-11)13(16)7-12-10-20(17,18)6-4-14-12/h11-12,14H,2-10H2,1H3. The average Bonchev–Trinajstić information content (AvgIpc) is 2.38. The van der Waals surface area contributed by atoms with Crippen molar-refractivity contribution >= 4 is 15.7 Å². The Labute approximate surface area is 120 Å². The summed E-state index contributed by atoms with van der Waals surface area (Å²) in [6.07, 6.45) is 2.36. The van der Waals surface area contributed by atoms with E-state index in [4.69, 9.17) is 4.74 Å². The van der Waals surface area contributed by atoms with Crippen LogP contribution in [0.1, 0.15) is 19.3 Å². The van der Waals surface area contributed by atoms with E-state index in [2.05, 4.69) is 5.32 Å². The molecule has 2 saturated heterocycles. The van der Waals surface area contributed by atoms with Gasteiger partial charge in [-0.3, -0.25) is 4.79 Å². The van der Waals surface area contributed by atoms with Crippen LogP contribution in [0.25, 0.3) is 0 Å². The van der Waals surface area contributed by atoms with E-state index in [0.29, 0.717) is 19.1 Å². The Bertz CT molecular complexity index is 436. The summed E-state index contributed by atoms with van der Waals surface area (Å²) in [7, 11) is -1.30. The van der Waals surface area contributed by atoms with Crippen LogP contribution in [0.15, 0.2) is 0 Å². The number of likely N-dealkylation sites (tertiary alicyclic amines) is 1. The van der Waals surface area contributed by atoms with Crippen molar-refractivity contribution in [2.45, 2.75) is 25.3 Å². The van der Waals surface area contributed by atoms with Crippen molar-refractivity contribution in [2.24, 2.45) is 5.92 Å². The lowest BCUT2D eigenvalue weighted by atomic mass is 9.98. The monoisotopic (exact) mass is 304 g/mol. The van der Waals surface area contributed by atoms with E-state index < -0.39 is 9.84 Å². The molecule has 0 spiro atoms. The van der Waals surface area contributed by atoms with E-state index >= 15 is 0 Å². The van der Waals surface area contributed by atoms with Crippen LogP contribution >= 0.6 is 0 Å². The molecule has 0 saturated carbocycles. The number of nitrogens with one attached hydrogen (secondary N) is 1. The van der Waals surface area contributed by atoms with Gasteiger partial charge in [-0.15, -0.1) is 0 Å². The molecule has 20 heavy (non-hydrogen) atoms. The highest BCUT2D eigenvalue weighted by Crippen LogP contribution is 2.18. The number of nitrogens with zero attached hydrogens (tertiary/aromatic N) is 1. The first-order chi connectivity index (χ1) is 9.50. The maximum absolute atomic E-state index is 12.3. The average molecular weight is 304 g/mol. The fourth-order valence-corrected chi connectivity index (χ4v) is 4.45. The number of rotatable bonds is 4. The molecule has 0 bridgehead atoms. The largest absolute Gasteiger partial charge is 0.384 e. The van der Waals surface area contributed by atoms with Crippen molar-refractivity contribution in [3.63, 3.8) is 0 Å². The molecule has 1 amide bonds. The van der Waals surface area contributed by atoms with Gasteiger partial charge in [-0.2, -0.15) is 0 Å². The molecule has 0 aliphatic carbocycles. The minimum absolute atomic E-state index is 0.0559. The van der Waals surface area contributed by atoms with Gasteiger partial charge in [0.15, 0.2) is 9.84 Å². The first-order valence-corrected chi connectivity index (χ1v) is 9.03. The van der Waals surface area contributed by atoms with Crippen LogP contribution in [0.4, 0.5) is 0 Å². The number of ether oxygens (including phenoxy) is 1. The van der Waals surface area contributed by atoms with Crippen molar-refractivity contribution in [3.05, 3.63) is 0 Å². The fourth-order valence-electron chi connectivity index (χ4n) is 3.00. The van der Waals surface area contributed by atoms with Gasteiger partial charge >= 0.3 is 0 Å². The third-order valence-electron chi connectivity index (χ3n) is 4.00. The zero-order chi connectivity index (χ0) is 14.6. The molecule has 2 fully saturated rings. The molecule has 0 aromatic rings. The van der Waals surface area contributed by atoms with Gasteiger partial charge in [0.1, 0.15) is 0 Å². The second kappa shape index (κ2) is 6.87. The number of sulfone groups is 1. The lowest BCUT2D eigenvalue weighted by Crippen LogP contribution is -2.49. The third kappa shape index (κ3) is 4.43. The molecular formula is C13H24N2O4S. The van der Waals surface area contributed by atoms with Gasteiger partial charge in [0.05, 0.1) is 18.1 Å². The molecule has 2 unspecified atom stereocenters. The Morgan fingerprint density at radius 2 is 2.25 bits per heavy atom. The summed E-state index contributed by atoms with van der Waals surface area (Å²) in [6, 6.07) is -0.232. The minimum Gasteiger partial charge on any atom is -0.384 e. The Morgan fingerprint density at radius 1 is 1.45 bits per heavy atom. The quantitative estimate of drug-likeness (QED) is 0.768. The van der Waals surface area contributed by atoms with E-state index in [0.717, 1.165) is 25.9 Å². The summed E-state index contributed by atoms with van der Waals surface area (Å²) < 4.78 is 28.3. The highest BCUT2D eigenvalue weighted by molar-refractivity contribution is 7.91. The van der Waals surface area contributed by atoms with Gasteiger partial charge in [-0.1, -0.05) is 0 Å². The van der Waals surface area contributed by atoms with E-state index in [-0.39, 0.29) is 29.9 Å². The molecule has 2 aliphatic rings. The smallest absolute Gasteiger partial charge is 0.224 e. The van der Waals surface area contributed by atoms with Crippen molar-refractivity contribution in [2.75, 3.05) is 44.9 Å². The molecular weight excluding hydrogens is 280 g/mol. The maximum atomic E-state index is 12.3. The molecule has 116 valence electrons. The summed E-state index contributed by atoms with van der Waals surface area (Å²) >= 11 is 0. The van der Waals surface area contributed by atoms with Crippen LogP contribution < -0.4 is 5.32 Å². The summed E-state index contributed by atoms with van der Waals surface area (Å²) in [6.45, 7) is 2.64. The Balaban J connectivity index is 1.85. The first-order valence-electron chi connectivity index (χ1n) is 7.20. The Hall–Kier alpha value is -0.660. The van der Waals surface area contributed by atoms with Crippen molar-refractivity contribution in [3.8, 4) is 0 Å². The highest BCUT2D eigenvalue weighted by Gasteiger charge is 2.29. The summed E-state index contributed by atoms with van der Waals surface area (Å²) in [5.74, 6) is 0.715. The summed E-state index contributed by atoms with van der Waals surface area (Å²) in [5.41, 5.74) is 0. The molecule has 2 aliphatic heterocycles. The van der Waals surface area contributed by atoms with Gasteiger partial charge < -0.3 is 15.0 Å². The molecule has 0 aromatic heterocycles. The number of piperidine rings is 1. The molecule has 0 radical (unpaired) electrons. The predicted molar refractivity (Wildman–Crippen MR) is 76.2 cm³/mol. The fraction of sp³-hybridized carbons (Fsp3) is 0.923. The molecule has 0 aromatic carbocycles. The maximum Gasteiger partial charge on any atom is 0.224 e. The van der Waals surface area contributed by atoms with Crippen LogP contribution in [0.2, 0.25) is 0 Å². The second-order valence-corrected chi connectivity index (χ2v) is 8.00. The van der Waals surface area contributed by atoms with Crippen LogP contribution in [0, 0.1) is 5.92 Å². The Morgan fingerprint density at radius 3 is 2.95 bits per heavy atom. The van der Waals surface area contributed by atoms with Gasteiger partial charge in [0.25, 0.3) is 0 Å². The third-order valence-corrected chi connectivity index (χ3v) is 5.73. The van der Waals surface area contributed by atoms with Gasteiger partial charge in [0, 0.05) is 39.2 Å². The molecule has 2 rings (SSSR count). The molecule has 1 N–H and O–H groups in total. The molecule has 6 nitrogen and oxygen atoms in total. The van der Waals surface area contributed by atoms with Crippen LogP contribution in [0.3, 0.4) is 0 Å². The van der Waals surface area contributed by atoms with E-state index in [1.807, 2.05) is 4.90 Å². The van der Waals surface area contributed by atoms with Crippen LogP contribution in [-0.4, -0.2) is 70.1 Å². The molecule has 2 heterocycles. The van der Waals surface area contributed by atoms with Crippen molar-refractivity contribution in [1.29, 1.82) is 0 Å². The van der Waals surface area contributed by atoms with Crippen molar-refractivity contribution < 1.29 is 17.9 Å². The van der Waals surface area contributed by atoms with Crippen molar-refractivity contribution in [1.82, 2.24) is 10.2 Å². The topological polar surface area (TPSA) is 75.7 Å². The number of carbonyl (C=O) groups excluding carboxylic acids is 1. The van der Waals surface area contributed by atoms with Crippen LogP contribution in [-0.2, 0) is 19.4 Å². The highest BCUT2D eigenvalue weighted by atomic mass is 32.2. The number of amides is 1. The summed E-state index contributed by atoms with van der Waals surface area (Å²) in [4.78, 5) is 14.1. The summed E-state index contributed by atoms with van der Waals surface area (Å²) in [5, 5.41) is 3.13. The number of methoxy groups -OCH3 is 1.